The maximum Gasteiger partial charge on any atom is 0.226 e. The fraction of sp³-hybridized carbons (Fsp3) is 0.111. The monoisotopic (exact) mass is 474 g/mol. The van der Waals surface area contributed by atoms with Crippen molar-refractivity contribution in [2.45, 2.75) is 13.8 Å². The second kappa shape index (κ2) is 8.70. The van der Waals surface area contributed by atoms with Crippen LogP contribution in [0.25, 0.3) is 55.6 Å². The van der Waals surface area contributed by atoms with Gasteiger partial charge in [0.2, 0.25) is 5.91 Å². The fourth-order valence-corrected chi connectivity index (χ4v) is 4.16. The Labute approximate surface area is 206 Å². The summed E-state index contributed by atoms with van der Waals surface area (Å²) in [5.41, 5.74) is 7.61. The Morgan fingerprint density at radius 3 is 2.53 bits per heavy atom. The van der Waals surface area contributed by atoms with Gasteiger partial charge in [-0.1, -0.05) is 13.8 Å². The van der Waals surface area contributed by atoms with Crippen LogP contribution in [0.15, 0.2) is 73.7 Å². The molecular weight excluding hydrogens is 452 g/mol. The summed E-state index contributed by atoms with van der Waals surface area (Å²) in [5.74, 6) is -0.184. The van der Waals surface area contributed by atoms with Gasteiger partial charge in [-0.3, -0.25) is 29.8 Å². The molecule has 6 heterocycles. The first-order valence-electron chi connectivity index (χ1n) is 11.5. The third kappa shape index (κ3) is 3.86. The summed E-state index contributed by atoms with van der Waals surface area (Å²) in [6.45, 7) is 3.70. The number of hydrogen-bond donors (Lipinski definition) is 3. The molecule has 3 N–H and O–H groups in total. The maximum atomic E-state index is 12.1. The molecule has 6 aromatic heterocycles. The number of aromatic amines is 2. The molecule has 0 saturated heterocycles. The maximum absolute atomic E-state index is 12.1. The summed E-state index contributed by atoms with van der Waals surface area (Å²) in [6, 6.07) is 9.88. The van der Waals surface area contributed by atoms with Gasteiger partial charge in [0, 0.05) is 52.6 Å². The molecule has 0 radical (unpaired) electrons. The zero-order valence-corrected chi connectivity index (χ0v) is 19.6. The lowest BCUT2D eigenvalue weighted by atomic mass is 10.1. The van der Waals surface area contributed by atoms with Crippen molar-refractivity contribution in [3.8, 4) is 33.8 Å². The molecule has 0 aliphatic carbocycles. The molecule has 6 aromatic rings. The number of rotatable bonds is 5. The number of aromatic nitrogens is 7. The van der Waals surface area contributed by atoms with Gasteiger partial charge in [0.25, 0.3) is 0 Å². The number of amides is 1. The molecular formula is C27H22N8O. The number of nitrogens with one attached hydrogen (secondary N) is 3. The summed E-state index contributed by atoms with van der Waals surface area (Å²) >= 11 is 0. The molecule has 0 atom stereocenters. The number of carbonyl (C=O) groups excluding carboxylic acids is 1. The van der Waals surface area contributed by atoms with Crippen LogP contribution in [0.3, 0.4) is 0 Å². The van der Waals surface area contributed by atoms with Crippen LogP contribution >= 0.6 is 0 Å². The molecule has 1 amide bonds. The van der Waals surface area contributed by atoms with Crippen LogP contribution in [0.2, 0.25) is 0 Å². The van der Waals surface area contributed by atoms with Crippen molar-refractivity contribution >= 4 is 33.4 Å². The van der Waals surface area contributed by atoms with E-state index >= 15 is 0 Å². The molecule has 0 aliphatic heterocycles. The molecule has 9 nitrogen and oxygen atoms in total. The minimum Gasteiger partial charge on any atom is -0.352 e. The van der Waals surface area contributed by atoms with Gasteiger partial charge in [-0.05, 0) is 35.9 Å². The Hall–Kier alpha value is -4.92. The zero-order chi connectivity index (χ0) is 24.6. The quantitative estimate of drug-likeness (QED) is 0.315. The number of nitrogens with zero attached hydrogens (tertiary/aromatic N) is 5. The zero-order valence-electron chi connectivity index (χ0n) is 19.6. The van der Waals surface area contributed by atoms with E-state index in [1.54, 1.807) is 31.0 Å². The van der Waals surface area contributed by atoms with E-state index in [9.17, 15) is 4.79 Å². The Kier molecular flexibility index (Phi) is 5.22. The van der Waals surface area contributed by atoms with Gasteiger partial charge >= 0.3 is 0 Å². The van der Waals surface area contributed by atoms with Crippen molar-refractivity contribution in [2.24, 2.45) is 5.92 Å². The molecule has 0 saturated carbocycles. The standard InChI is InChI=1S/C27H22N8O/c1-15(2)27(36)32-18-7-17(10-29-11-18)22-9-20-25(14-31-22)34-35-26(20)23-8-19-21(12-30-13-24(19)33-23)16-3-5-28-6-4-16/h3-15,33H,1-2H3,(H,32,36)(H,34,35). The summed E-state index contributed by atoms with van der Waals surface area (Å²) in [5, 5.41) is 12.5. The smallest absolute Gasteiger partial charge is 0.226 e. The molecule has 9 heteroatoms. The van der Waals surface area contributed by atoms with Crippen LogP contribution in [0, 0.1) is 5.92 Å². The van der Waals surface area contributed by atoms with Crippen LogP contribution < -0.4 is 5.32 Å². The predicted molar refractivity (Wildman–Crippen MR) is 139 cm³/mol. The molecule has 0 aliphatic rings. The van der Waals surface area contributed by atoms with Crippen molar-refractivity contribution in [3.63, 3.8) is 0 Å². The van der Waals surface area contributed by atoms with Gasteiger partial charge in [-0.15, -0.1) is 0 Å². The molecule has 0 aromatic carbocycles. The van der Waals surface area contributed by atoms with E-state index in [0.29, 0.717) is 5.69 Å². The number of H-pyrrole nitrogens is 2. The van der Waals surface area contributed by atoms with Crippen molar-refractivity contribution < 1.29 is 4.79 Å². The van der Waals surface area contributed by atoms with Gasteiger partial charge in [-0.2, -0.15) is 5.10 Å². The predicted octanol–water partition coefficient (Wildman–Crippen LogP) is 5.22. The van der Waals surface area contributed by atoms with Crippen LogP contribution in [0.5, 0.6) is 0 Å². The first kappa shape index (κ1) is 21.6. The topological polar surface area (TPSA) is 125 Å². The Morgan fingerprint density at radius 1 is 0.861 bits per heavy atom. The van der Waals surface area contributed by atoms with Crippen LogP contribution in [-0.4, -0.2) is 41.0 Å². The van der Waals surface area contributed by atoms with Crippen molar-refractivity contribution in [1.29, 1.82) is 0 Å². The van der Waals surface area contributed by atoms with Gasteiger partial charge in [-0.25, -0.2) is 0 Å². The van der Waals surface area contributed by atoms with E-state index in [-0.39, 0.29) is 11.8 Å². The van der Waals surface area contributed by atoms with E-state index in [0.717, 1.165) is 55.6 Å². The highest BCUT2D eigenvalue weighted by molar-refractivity contribution is 6.01. The first-order valence-corrected chi connectivity index (χ1v) is 11.5. The SMILES string of the molecule is CC(C)C(=O)Nc1cncc(-c2cc3c(-c4cc5c(-c6ccncc6)cncc5[nH]4)n[nH]c3cn2)c1. The number of pyridine rings is 4. The molecule has 0 fully saturated rings. The third-order valence-corrected chi connectivity index (χ3v) is 6.07. The van der Waals surface area contributed by atoms with Gasteiger partial charge in [0.15, 0.2) is 0 Å². The molecule has 176 valence electrons. The van der Waals surface area contributed by atoms with Crippen molar-refractivity contribution in [2.75, 3.05) is 5.32 Å². The highest BCUT2D eigenvalue weighted by Gasteiger charge is 2.16. The fourth-order valence-electron chi connectivity index (χ4n) is 4.16. The van der Waals surface area contributed by atoms with Crippen LogP contribution in [-0.2, 0) is 4.79 Å². The summed E-state index contributed by atoms with van der Waals surface area (Å²) in [4.78, 5) is 33.0. The average molecular weight is 475 g/mol. The lowest BCUT2D eigenvalue weighted by Gasteiger charge is -2.08. The highest BCUT2D eigenvalue weighted by atomic mass is 16.1. The van der Waals surface area contributed by atoms with Crippen molar-refractivity contribution in [1.82, 2.24) is 35.1 Å². The van der Waals surface area contributed by atoms with E-state index in [2.05, 4.69) is 46.5 Å². The lowest BCUT2D eigenvalue weighted by Crippen LogP contribution is -2.17. The Bertz CT molecular complexity index is 1720. The first-order chi connectivity index (χ1) is 17.6. The molecule has 6 rings (SSSR count). The highest BCUT2D eigenvalue weighted by Crippen LogP contribution is 2.34. The number of fused-ring (bicyclic) bond motifs is 2. The minimum absolute atomic E-state index is 0.0612. The summed E-state index contributed by atoms with van der Waals surface area (Å²) < 4.78 is 0. The van der Waals surface area contributed by atoms with Gasteiger partial charge < -0.3 is 10.3 Å². The van der Waals surface area contributed by atoms with E-state index in [1.165, 1.54) is 0 Å². The van der Waals surface area contributed by atoms with Crippen molar-refractivity contribution in [3.05, 3.63) is 73.7 Å². The number of carbonyl (C=O) groups is 1. The van der Waals surface area contributed by atoms with Crippen LogP contribution in [0.1, 0.15) is 13.8 Å². The number of hydrogen-bond acceptors (Lipinski definition) is 6. The summed E-state index contributed by atoms with van der Waals surface area (Å²) in [7, 11) is 0. The van der Waals surface area contributed by atoms with E-state index in [1.807, 2.05) is 50.5 Å². The van der Waals surface area contributed by atoms with E-state index in [4.69, 9.17) is 0 Å². The molecule has 36 heavy (non-hydrogen) atoms. The number of anilines is 1. The second-order valence-corrected chi connectivity index (χ2v) is 8.86. The molecule has 0 bridgehead atoms. The normalized spacial score (nSPS) is 11.4. The summed E-state index contributed by atoms with van der Waals surface area (Å²) in [6.07, 6.45) is 12.3. The van der Waals surface area contributed by atoms with E-state index < -0.39 is 0 Å². The average Bonchev–Trinajstić information content (AvgIpc) is 3.53. The minimum atomic E-state index is -0.123. The van der Waals surface area contributed by atoms with Crippen LogP contribution in [0.4, 0.5) is 5.69 Å². The third-order valence-electron chi connectivity index (χ3n) is 6.07. The lowest BCUT2D eigenvalue weighted by molar-refractivity contribution is -0.118. The molecule has 0 spiro atoms. The molecule has 0 unspecified atom stereocenters. The largest absolute Gasteiger partial charge is 0.352 e. The van der Waals surface area contributed by atoms with Gasteiger partial charge in [0.05, 0.1) is 46.7 Å². The Morgan fingerprint density at radius 2 is 1.69 bits per heavy atom. The Balaban J connectivity index is 1.41. The second-order valence-electron chi connectivity index (χ2n) is 8.86. The van der Waals surface area contributed by atoms with Gasteiger partial charge in [0.1, 0.15) is 5.69 Å².